The highest BCUT2D eigenvalue weighted by Gasteiger charge is 2.22. The van der Waals surface area contributed by atoms with E-state index in [4.69, 9.17) is 10.2 Å². The van der Waals surface area contributed by atoms with Crippen LogP contribution in [0, 0.1) is 0 Å². The number of nitrogens with zero attached hydrogens (tertiary/aromatic N) is 1. The molecular formula is C24H52NO7P. The summed E-state index contributed by atoms with van der Waals surface area (Å²) in [5, 5.41) is 27.9. The SMILES string of the molecule is CCCCCCCCCCCCCCCC[N+](C)(C)CC(O)COP(=O)([O-])OCC(O)CO. The Morgan fingerprint density at radius 2 is 1.15 bits per heavy atom. The summed E-state index contributed by atoms with van der Waals surface area (Å²) in [6.45, 7) is 1.96. The molecule has 3 unspecified atom stereocenters. The van der Waals surface area contributed by atoms with Crippen LogP contribution < -0.4 is 4.89 Å². The second-order valence-electron chi connectivity index (χ2n) is 9.97. The van der Waals surface area contributed by atoms with E-state index < -0.39 is 39.9 Å². The standard InChI is InChI=1S/C24H52NO7P/c1-4-5-6-7-8-9-10-11-12-13-14-15-16-17-18-25(2,3)19-23(27)21-31-33(29,30)32-22-24(28)20-26/h23-24,26-28H,4-22H2,1-3H3. The summed E-state index contributed by atoms with van der Waals surface area (Å²) in [5.74, 6) is 0. The average Bonchev–Trinajstić information content (AvgIpc) is 2.76. The monoisotopic (exact) mass is 497 g/mol. The van der Waals surface area contributed by atoms with Crippen molar-refractivity contribution in [2.24, 2.45) is 0 Å². The molecule has 0 heterocycles. The minimum absolute atomic E-state index is 0.373. The average molecular weight is 498 g/mol. The van der Waals surface area contributed by atoms with Crippen molar-refractivity contribution in [1.82, 2.24) is 0 Å². The number of phosphoric acid groups is 1. The second-order valence-corrected chi connectivity index (χ2v) is 11.4. The lowest BCUT2D eigenvalue weighted by molar-refractivity contribution is -0.893. The molecule has 0 aromatic carbocycles. The molecule has 0 radical (unpaired) electrons. The van der Waals surface area contributed by atoms with Gasteiger partial charge in [0.15, 0.2) is 0 Å². The first-order chi connectivity index (χ1) is 15.6. The molecule has 200 valence electrons. The summed E-state index contributed by atoms with van der Waals surface area (Å²) in [6, 6.07) is 0. The van der Waals surface area contributed by atoms with E-state index >= 15 is 0 Å². The maximum atomic E-state index is 11.6. The van der Waals surface area contributed by atoms with Gasteiger partial charge < -0.3 is 33.7 Å². The van der Waals surface area contributed by atoms with Crippen LogP contribution in [0.2, 0.25) is 0 Å². The number of hydrogen-bond acceptors (Lipinski definition) is 7. The highest BCUT2D eigenvalue weighted by molar-refractivity contribution is 7.45. The molecule has 0 aromatic heterocycles. The zero-order valence-electron chi connectivity index (χ0n) is 21.5. The van der Waals surface area contributed by atoms with Crippen molar-refractivity contribution in [3.63, 3.8) is 0 Å². The number of aliphatic hydroxyl groups excluding tert-OH is 3. The Bertz CT molecular complexity index is 493. The first-order valence-corrected chi connectivity index (χ1v) is 14.5. The predicted molar refractivity (Wildman–Crippen MR) is 131 cm³/mol. The van der Waals surface area contributed by atoms with Crippen LogP contribution in [-0.4, -0.2) is 79.0 Å². The Morgan fingerprint density at radius 3 is 1.58 bits per heavy atom. The summed E-state index contributed by atoms with van der Waals surface area (Å²) < 4.78 is 21.3. The van der Waals surface area contributed by atoms with Gasteiger partial charge in [-0.3, -0.25) is 4.57 Å². The van der Waals surface area contributed by atoms with Crippen molar-refractivity contribution in [2.75, 3.05) is 47.0 Å². The van der Waals surface area contributed by atoms with Crippen LogP contribution in [0.3, 0.4) is 0 Å². The fourth-order valence-corrected chi connectivity index (χ4v) is 4.68. The lowest BCUT2D eigenvalue weighted by Gasteiger charge is -2.32. The van der Waals surface area contributed by atoms with Gasteiger partial charge in [-0.25, -0.2) is 0 Å². The van der Waals surface area contributed by atoms with Crippen molar-refractivity contribution in [3.8, 4) is 0 Å². The summed E-state index contributed by atoms with van der Waals surface area (Å²) >= 11 is 0. The largest absolute Gasteiger partial charge is 0.756 e. The van der Waals surface area contributed by atoms with E-state index in [1.165, 1.54) is 83.5 Å². The number of likely N-dealkylation sites (N-methyl/N-ethyl adjacent to an activating group) is 1. The van der Waals surface area contributed by atoms with Gasteiger partial charge in [-0.15, -0.1) is 0 Å². The van der Waals surface area contributed by atoms with Gasteiger partial charge in [0, 0.05) is 0 Å². The summed E-state index contributed by atoms with van der Waals surface area (Å²) in [5.41, 5.74) is 0. The fourth-order valence-electron chi connectivity index (χ4n) is 3.89. The molecule has 0 saturated heterocycles. The molecule has 0 bridgehead atoms. The first kappa shape index (κ1) is 33.0. The highest BCUT2D eigenvalue weighted by atomic mass is 31.2. The normalized spacial score (nSPS) is 16.0. The van der Waals surface area contributed by atoms with Crippen LogP contribution in [0.15, 0.2) is 0 Å². The molecular weight excluding hydrogens is 445 g/mol. The smallest absolute Gasteiger partial charge is 0.268 e. The lowest BCUT2D eigenvalue weighted by atomic mass is 10.0. The Balaban J connectivity index is 3.70. The molecule has 8 nitrogen and oxygen atoms in total. The van der Waals surface area contributed by atoms with E-state index in [-0.39, 0.29) is 0 Å². The minimum Gasteiger partial charge on any atom is -0.756 e. The maximum absolute atomic E-state index is 11.6. The third-order valence-corrected chi connectivity index (χ3v) is 6.81. The zero-order valence-corrected chi connectivity index (χ0v) is 22.4. The van der Waals surface area contributed by atoms with E-state index in [0.717, 1.165) is 13.0 Å². The molecule has 0 fully saturated rings. The van der Waals surface area contributed by atoms with E-state index in [9.17, 15) is 14.6 Å². The summed E-state index contributed by atoms with van der Waals surface area (Å²) in [6.07, 6.45) is 16.2. The van der Waals surface area contributed by atoms with Crippen LogP contribution >= 0.6 is 7.82 Å². The van der Waals surface area contributed by atoms with Gasteiger partial charge in [0.2, 0.25) is 0 Å². The Hall–Kier alpha value is -0.0500. The number of quaternary nitrogens is 1. The molecule has 0 aliphatic heterocycles. The molecule has 0 aliphatic carbocycles. The van der Waals surface area contributed by atoms with Gasteiger partial charge in [-0.2, -0.15) is 0 Å². The predicted octanol–water partition coefficient (Wildman–Crippen LogP) is 3.76. The zero-order chi connectivity index (χ0) is 25.0. The topological polar surface area (TPSA) is 119 Å². The number of rotatable bonds is 24. The third-order valence-electron chi connectivity index (χ3n) is 5.88. The van der Waals surface area contributed by atoms with Gasteiger partial charge in [0.05, 0.1) is 40.5 Å². The Kier molecular flexibility index (Phi) is 20.1. The third kappa shape index (κ3) is 22.2. The van der Waals surface area contributed by atoms with Gasteiger partial charge >= 0.3 is 0 Å². The minimum atomic E-state index is -4.62. The van der Waals surface area contributed by atoms with Gasteiger partial charge in [0.25, 0.3) is 7.82 Å². The number of phosphoric ester groups is 1. The van der Waals surface area contributed by atoms with Crippen molar-refractivity contribution < 1.29 is 38.3 Å². The molecule has 3 N–H and O–H groups in total. The van der Waals surface area contributed by atoms with Gasteiger partial charge in [-0.05, 0) is 12.8 Å². The molecule has 33 heavy (non-hydrogen) atoms. The van der Waals surface area contributed by atoms with Gasteiger partial charge in [0.1, 0.15) is 18.8 Å². The second kappa shape index (κ2) is 20.2. The molecule has 3 atom stereocenters. The fraction of sp³-hybridized carbons (Fsp3) is 1.00. The molecule has 0 rings (SSSR count). The molecule has 0 spiro atoms. The van der Waals surface area contributed by atoms with E-state index in [0.29, 0.717) is 11.0 Å². The van der Waals surface area contributed by atoms with E-state index in [1.807, 2.05) is 14.1 Å². The highest BCUT2D eigenvalue weighted by Crippen LogP contribution is 2.38. The maximum Gasteiger partial charge on any atom is 0.268 e. The summed E-state index contributed by atoms with van der Waals surface area (Å²) in [7, 11) is -0.599. The molecule has 0 saturated carbocycles. The van der Waals surface area contributed by atoms with Crippen LogP contribution in [0.5, 0.6) is 0 Å². The first-order valence-electron chi connectivity index (χ1n) is 13.0. The summed E-state index contributed by atoms with van der Waals surface area (Å²) in [4.78, 5) is 11.6. The Labute approximate surface area is 202 Å². The molecule has 0 aromatic rings. The molecule has 0 aliphatic rings. The van der Waals surface area contributed by atoms with Crippen molar-refractivity contribution in [1.29, 1.82) is 0 Å². The van der Waals surface area contributed by atoms with E-state index in [1.54, 1.807) is 0 Å². The molecule has 0 amide bonds. The molecule has 9 heteroatoms. The van der Waals surface area contributed by atoms with E-state index in [2.05, 4.69) is 16.0 Å². The number of hydrogen-bond donors (Lipinski definition) is 3. The number of unbranched alkanes of at least 4 members (excludes halogenated alkanes) is 13. The van der Waals surface area contributed by atoms with Crippen LogP contribution in [-0.2, 0) is 13.6 Å². The lowest BCUT2D eigenvalue weighted by Crippen LogP contribution is -2.47. The van der Waals surface area contributed by atoms with Crippen molar-refractivity contribution in [2.45, 2.75) is 109 Å². The van der Waals surface area contributed by atoms with Crippen LogP contribution in [0.4, 0.5) is 0 Å². The quantitative estimate of drug-likeness (QED) is 0.106. The Morgan fingerprint density at radius 1 is 0.758 bits per heavy atom. The van der Waals surface area contributed by atoms with Crippen LogP contribution in [0.25, 0.3) is 0 Å². The number of aliphatic hydroxyl groups is 3. The van der Waals surface area contributed by atoms with Crippen molar-refractivity contribution in [3.05, 3.63) is 0 Å². The van der Waals surface area contributed by atoms with Gasteiger partial charge in [-0.1, -0.05) is 84.0 Å². The van der Waals surface area contributed by atoms with Crippen molar-refractivity contribution >= 4 is 7.82 Å². The van der Waals surface area contributed by atoms with Crippen LogP contribution in [0.1, 0.15) is 96.8 Å².